The highest BCUT2D eigenvalue weighted by Crippen LogP contribution is 2.38. The Bertz CT molecular complexity index is 1090. The Morgan fingerprint density at radius 3 is 1.43 bits per heavy atom. The Hall–Kier alpha value is -3.33. The van der Waals surface area contributed by atoms with E-state index in [2.05, 4.69) is 109 Å². The summed E-state index contributed by atoms with van der Waals surface area (Å²) in [6.45, 7) is 4.43. The third kappa shape index (κ3) is 2.40. The molecule has 3 heteroatoms. The number of benzene rings is 4. The van der Waals surface area contributed by atoms with Crippen LogP contribution in [0.25, 0.3) is 21.5 Å². The predicted octanol–water partition coefficient (Wildman–Crippen LogP) is 6.03. The molecule has 1 aliphatic heterocycles. The third-order valence-corrected chi connectivity index (χ3v) is 6.02. The molecular formula is C25H23N3. The van der Waals surface area contributed by atoms with Gasteiger partial charge in [0.1, 0.15) is 0 Å². The maximum Gasteiger partial charge on any atom is 0.203 e. The van der Waals surface area contributed by atoms with Crippen LogP contribution in [0.5, 0.6) is 0 Å². The molecule has 0 spiro atoms. The zero-order valence-corrected chi connectivity index (χ0v) is 16.1. The lowest BCUT2D eigenvalue weighted by atomic mass is 10.1. The highest BCUT2D eigenvalue weighted by atomic mass is 15.5. The first-order chi connectivity index (χ1) is 13.7. The van der Waals surface area contributed by atoms with E-state index in [0.29, 0.717) is 5.96 Å². The minimum atomic E-state index is 0.192. The standard InChI is InChI=1S/C25H23N3/c1-17-18(2)28(24-16-8-12-20-10-4-6-14-22(20)24)25(26)27(17)23-15-7-11-19-9-3-5-13-21(19)23/h3-18,26H,1-2H3/t17-,18-/m0/s1. The van der Waals surface area contributed by atoms with Crippen LogP contribution < -0.4 is 9.80 Å². The molecule has 0 unspecified atom stereocenters. The topological polar surface area (TPSA) is 30.3 Å². The second-order valence-corrected chi connectivity index (χ2v) is 7.54. The van der Waals surface area contributed by atoms with Gasteiger partial charge >= 0.3 is 0 Å². The van der Waals surface area contributed by atoms with Crippen molar-refractivity contribution in [3.05, 3.63) is 84.9 Å². The van der Waals surface area contributed by atoms with Crippen molar-refractivity contribution >= 4 is 38.9 Å². The van der Waals surface area contributed by atoms with Crippen molar-refractivity contribution in [2.75, 3.05) is 9.80 Å². The van der Waals surface area contributed by atoms with Crippen LogP contribution in [-0.2, 0) is 0 Å². The molecule has 28 heavy (non-hydrogen) atoms. The number of anilines is 2. The summed E-state index contributed by atoms with van der Waals surface area (Å²) in [4.78, 5) is 4.35. The Morgan fingerprint density at radius 2 is 0.964 bits per heavy atom. The summed E-state index contributed by atoms with van der Waals surface area (Å²) in [5.74, 6) is 0.535. The molecule has 2 atom stereocenters. The molecule has 1 aliphatic rings. The fourth-order valence-corrected chi connectivity index (χ4v) is 4.44. The summed E-state index contributed by atoms with van der Waals surface area (Å²) in [5, 5.41) is 13.9. The van der Waals surface area contributed by atoms with Gasteiger partial charge in [0, 0.05) is 10.8 Å². The highest BCUT2D eigenvalue weighted by molar-refractivity contribution is 6.15. The van der Waals surface area contributed by atoms with Gasteiger partial charge in [-0.1, -0.05) is 72.8 Å². The van der Waals surface area contributed by atoms with E-state index in [9.17, 15) is 0 Å². The van der Waals surface area contributed by atoms with Gasteiger partial charge < -0.3 is 9.80 Å². The molecule has 5 rings (SSSR count). The first-order valence-corrected chi connectivity index (χ1v) is 9.79. The van der Waals surface area contributed by atoms with Crippen molar-refractivity contribution in [1.82, 2.24) is 0 Å². The molecule has 0 saturated carbocycles. The summed E-state index contributed by atoms with van der Waals surface area (Å²) < 4.78 is 0. The molecule has 0 aromatic heterocycles. The Labute approximate surface area is 165 Å². The smallest absolute Gasteiger partial charge is 0.203 e. The zero-order valence-electron chi connectivity index (χ0n) is 16.1. The molecule has 1 saturated heterocycles. The van der Waals surface area contributed by atoms with Crippen molar-refractivity contribution in [3.63, 3.8) is 0 Å². The van der Waals surface area contributed by atoms with Crippen LogP contribution in [0, 0.1) is 5.41 Å². The van der Waals surface area contributed by atoms with Gasteiger partial charge in [0.05, 0.1) is 23.5 Å². The Balaban J connectivity index is 1.66. The lowest BCUT2D eigenvalue weighted by Crippen LogP contribution is -2.35. The fourth-order valence-electron chi connectivity index (χ4n) is 4.44. The Kier molecular flexibility index (Phi) is 3.83. The van der Waals surface area contributed by atoms with Gasteiger partial charge in [-0.05, 0) is 36.8 Å². The van der Waals surface area contributed by atoms with E-state index in [4.69, 9.17) is 5.41 Å². The minimum absolute atomic E-state index is 0.192. The zero-order chi connectivity index (χ0) is 19.3. The minimum Gasteiger partial charge on any atom is -0.307 e. The molecule has 4 aromatic rings. The lowest BCUT2D eigenvalue weighted by Gasteiger charge is -2.25. The van der Waals surface area contributed by atoms with E-state index in [1.54, 1.807) is 0 Å². The number of nitrogens with one attached hydrogen (secondary N) is 1. The van der Waals surface area contributed by atoms with Crippen molar-refractivity contribution in [1.29, 1.82) is 5.41 Å². The number of rotatable bonds is 2. The number of hydrogen-bond donors (Lipinski definition) is 1. The Morgan fingerprint density at radius 1 is 0.571 bits per heavy atom. The second kappa shape index (κ2) is 6.38. The van der Waals surface area contributed by atoms with Gasteiger partial charge in [0.15, 0.2) is 0 Å². The van der Waals surface area contributed by atoms with Gasteiger partial charge in [-0.2, -0.15) is 0 Å². The van der Waals surface area contributed by atoms with Gasteiger partial charge in [-0.3, -0.25) is 5.41 Å². The van der Waals surface area contributed by atoms with E-state index in [-0.39, 0.29) is 12.1 Å². The second-order valence-electron chi connectivity index (χ2n) is 7.54. The summed E-state index contributed by atoms with van der Waals surface area (Å²) in [6, 6.07) is 29.9. The number of hydrogen-bond acceptors (Lipinski definition) is 1. The fraction of sp³-hybridized carbons (Fsp3) is 0.160. The van der Waals surface area contributed by atoms with Crippen LogP contribution in [0.2, 0.25) is 0 Å². The average Bonchev–Trinajstić information content (AvgIpc) is 2.95. The average molecular weight is 365 g/mol. The molecule has 3 nitrogen and oxygen atoms in total. The highest BCUT2D eigenvalue weighted by Gasteiger charge is 2.40. The number of guanidine groups is 1. The van der Waals surface area contributed by atoms with Crippen LogP contribution >= 0.6 is 0 Å². The van der Waals surface area contributed by atoms with E-state index in [1.807, 2.05) is 0 Å². The summed E-state index contributed by atoms with van der Waals surface area (Å²) >= 11 is 0. The van der Waals surface area contributed by atoms with Crippen molar-refractivity contribution in [2.45, 2.75) is 25.9 Å². The molecule has 0 amide bonds. The molecule has 138 valence electrons. The SMILES string of the molecule is C[C@H]1[C@H](C)N(c2cccc3ccccc23)C(=N)N1c1cccc2ccccc12. The van der Waals surface area contributed by atoms with Crippen LogP contribution in [0.15, 0.2) is 84.9 Å². The summed E-state index contributed by atoms with van der Waals surface area (Å²) in [5.41, 5.74) is 2.20. The molecule has 1 heterocycles. The van der Waals surface area contributed by atoms with Crippen LogP contribution in [0.4, 0.5) is 11.4 Å². The normalized spacial score (nSPS) is 19.7. The first-order valence-electron chi connectivity index (χ1n) is 9.79. The molecular weight excluding hydrogens is 342 g/mol. The van der Waals surface area contributed by atoms with Gasteiger partial charge in [0.2, 0.25) is 5.96 Å². The lowest BCUT2D eigenvalue weighted by molar-refractivity contribution is 0.648. The molecule has 0 aliphatic carbocycles. The van der Waals surface area contributed by atoms with E-state index in [1.165, 1.54) is 21.5 Å². The number of nitrogens with zero attached hydrogens (tertiary/aromatic N) is 2. The van der Waals surface area contributed by atoms with E-state index >= 15 is 0 Å². The van der Waals surface area contributed by atoms with E-state index < -0.39 is 0 Å². The molecule has 0 bridgehead atoms. The maximum absolute atomic E-state index is 9.10. The molecule has 1 N–H and O–H groups in total. The van der Waals surface area contributed by atoms with Crippen molar-refractivity contribution < 1.29 is 0 Å². The molecule has 1 fully saturated rings. The van der Waals surface area contributed by atoms with Gasteiger partial charge in [0.25, 0.3) is 0 Å². The number of fused-ring (bicyclic) bond motifs is 2. The van der Waals surface area contributed by atoms with Gasteiger partial charge in [-0.25, -0.2) is 0 Å². The monoisotopic (exact) mass is 365 g/mol. The van der Waals surface area contributed by atoms with Gasteiger partial charge in [-0.15, -0.1) is 0 Å². The largest absolute Gasteiger partial charge is 0.307 e. The van der Waals surface area contributed by atoms with Crippen LogP contribution in [-0.4, -0.2) is 18.0 Å². The first kappa shape index (κ1) is 16.8. The predicted molar refractivity (Wildman–Crippen MR) is 120 cm³/mol. The van der Waals surface area contributed by atoms with Crippen molar-refractivity contribution in [2.24, 2.45) is 0 Å². The van der Waals surface area contributed by atoms with Crippen molar-refractivity contribution in [3.8, 4) is 0 Å². The third-order valence-electron chi connectivity index (χ3n) is 6.02. The van der Waals surface area contributed by atoms with Crippen LogP contribution in [0.1, 0.15) is 13.8 Å². The molecule has 0 radical (unpaired) electrons. The quantitative estimate of drug-likeness (QED) is 0.470. The van der Waals surface area contributed by atoms with Crippen LogP contribution in [0.3, 0.4) is 0 Å². The maximum atomic E-state index is 9.10. The summed E-state index contributed by atoms with van der Waals surface area (Å²) in [7, 11) is 0. The van der Waals surface area contributed by atoms with E-state index in [0.717, 1.165) is 11.4 Å². The summed E-state index contributed by atoms with van der Waals surface area (Å²) in [6.07, 6.45) is 0. The molecule has 4 aromatic carbocycles.